The number of nitrogens with one attached hydrogen (secondary N) is 2. The van der Waals surface area contributed by atoms with Crippen molar-refractivity contribution in [1.82, 2.24) is 29.9 Å². The molecule has 10 heteroatoms. The summed E-state index contributed by atoms with van der Waals surface area (Å²) in [5.74, 6) is 0.593. The number of rotatable bonds is 5. The summed E-state index contributed by atoms with van der Waals surface area (Å²) >= 11 is 0. The van der Waals surface area contributed by atoms with Crippen LogP contribution in [0.3, 0.4) is 0 Å². The second kappa shape index (κ2) is 7.75. The average molecular weight is 415 g/mol. The van der Waals surface area contributed by atoms with Gasteiger partial charge in [-0.15, -0.1) is 0 Å². The molecule has 0 radical (unpaired) electrons. The number of hydrogen-bond acceptors (Lipinski definition) is 7. The molecule has 1 aliphatic carbocycles. The molecule has 1 aliphatic heterocycles. The zero-order chi connectivity index (χ0) is 20.7. The molecule has 2 fully saturated rings. The Labute approximate surface area is 172 Å². The molecule has 4 heterocycles. The van der Waals surface area contributed by atoms with Gasteiger partial charge in [0.15, 0.2) is 11.5 Å². The lowest BCUT2D eigenvalue weighted by Gasteiger charge is -2.27. The van der Waals surface area contributed by atoms with Crippen molar-refractivity contribution in [3.05, 3.63) is 30.0 Å². The highest BCUT2D eigenvalue weighted by Crippen LogP contribution is 2.40. The predicted molar refractivity (Wildman–Crippen MR) is 107 cm³/mol. The Balaban J connectivity index is 1.53. The molecule has 2 aliphatic rings. The number of imidazole rings is 1. The first kappa shape index (κ1) is 19.1. The van der Waals surface area contributed by atoms with Crippen molar-refractivity contribution >= 4 is 11.6 Å². The molecule has 1 saturated heterocycles. The van der Waals surface area contributed by atoms with Crippen molar-refractivity contribution in [3.63, 3.8) is 0 Å². The molecule has 1 saturated carbocycles. The first-order valence-corrected chi connectivity index (χ1v) is 10.2. The number of alkyl halides is 1. The summed E-state index contributed by atoms with van der Waals surface area (Å²) in [5, 5.41) is 10.8. The van der Waals surface area contributed by atoms with Crippen LogP contribution in [0.15, 0.2) is 18.5 Å². The minimum atomic E-state index is -1.02. The zero-order valence-electron chi connectivity index (χ0n) is 16.6. The number of ether oxygens (including phenoxy) is 1. The van der Waals surface area contributed by atoms with Crippen LogP contribution in [0, 0.1) is 5.82 Å². The van der Waals surface area contributed by atoms with Gasteiger partial charge in [-0.25, -0.2) is 28.2 Å². The van der Waals surface area contributed by atoms with Crippen LogP contribution in [0.2, 0.25) is 0 Å². The lowest BCUT2D eigenvalue weighted by molar-refractivity contribution is 0.240. The Morgan fingerprint density at radius 3 is 2.83 bits per heavy atom. The van der Waals surface area contributed by atoms with Crippen molar-refractivity contribution in [2.75, 3.05) is 25.5 Å². The van der Waals surface area contributed by atoms with E-state index in [0.29, 0.717) is 42.5 Å². The maximum absolute atomic E-state index is 14.7. The van der Waals surface area contributed by atoms with E-state index in [0.717, 1.165) is 31.2 Å². The zero-order valence-corrected chi connectivity index (χ0v) is 16.6. The van der Waals surface area contributed by atoms with Crippen molar-refractivity contribution in [3.8, 4) is 17.1 Å². The van der Waals surface area contributed by atoms with Gasteiger partial charge >= 0.3 is 0 Å². The minimum Gasteiger partial charge on any atom is -0.495 e. The van der Waals surface area contributed by atoms with Gasteiger partial charge in [0.2, 0.25) is 5.95 Å². The smallest absolute Gasteiger partial charge is 0.223 e. The van der Waals surface area contributed by atoms with Gasteiger partial charge in [0.25, 0.3) is 0 Å². The number of methoxy groups -OCH3 is 1. The monoisotopic (exact) mass is 415 g/mol. The number of anilines is 1. The standard InChI is InChI=1S/C20H23F2N7O/c1-30-16-7-17-24-10-15(29(17)28-18(16)11-3-2-4-11)19-13(22)8-25-20(27-19)26-14-9-23-6-5-12(14)21/h7-8,10-12,14,23H,2-6,9H2,1H3,(H,25,26,27). The normalized spacial score (nSPS) is 22.1. The highest BCUT2D eigenvalue weighted by Gasteiger charge is 2.28. The van der Waals surface area contributed by atoms with E-state index in [4.69, 9.17) is 9.84 Å². The highest BCUT2D eigenvalue weighted by atomic mass is 19.1. The molecule has 3 aromatic rings. The van der Waals surface area contributed by atoms with E-state index < -0.39 is 18.0 Å². The van der Waals surface area contributed by atoms with Gasteiger partial charge in [-0.1, -0.05) is 6.42 Å². The van der Waals surface area contributed by atoms with Crippen molar-refractivity contribution < 1.29 is 13.5 Å². The maximum atomic E-state index is 14.7. The second-order valence-corrected chi connectivity index (χ2v) is 7.79. The Kier molecular flexibility index (Phi) is 4.93. The summed E-state index contributed by atoms with van der Waals surface area (Å²) in [6, 6.07) is 1.34. The van der Waals surface area contributed by atoms with E-state index in [1.807, 2.05) is 6.07 Å². The van der Waals surface area contributed by atoms with Crippen LogP contribution >= 0.6 is 0 Å². The maximum Gasteiger partial charge on any atom is 0.223 e. The van der Waals surface area contributed by atoms with Crippen LogP contribution < -0.4 is 15.4 Å². The summed E-state index contributed by atoms with van der Waals surface area (Å²) in [4.78, 5) is 12.7. The number of halogens is 2. The van der Waals surface area contributed by atoms with Crippen LogP contribution in [-0.4, -0.2) is 57.0 Å². The molecule has 2 N–H and O–H groups in total. The highest BCUT2D eigenvalue weighted by molar-refractivity contribution is 5.62. The number of fused-ring (bicyclic) bond motifs is 1. The summed E-state index contributed by atoms with van der Waals surface area (Å²) in [6.07, 6.45) is 5.27. The molecule has 0 amide bonds. The third kappa shape index (κ3) is 3.34. The van der Waals surface area contributed by atoms with Crippen LogP contribution in [0.25, 0.3) is 17.0 Å². The SMILES string of the molecule is COc1cc2ncc(-c3nc(NC4CNCCC4F)ncc3F)n2nc1C1CCC1. The fourth-order valence-corrected chi connectivity index (χ4v) is 3.95. The summed E-state index contributed by atoms with van der Waals surface area (Å²) in [6.45, 7) is 1.09. The summed E-state index contributed by atoms with van der Waals surface area (Å²) in [5.41, 5.74) is 1.86. The Bertz CT molecular complexity index is 1070. The fraction of sp³-hybridized carbons (Fsp3) is 0.500. The van der Waals surface area contributed by atoms with Crippen LogP contribution in [0.5, 0.6) is 5.75 Å². The minimum absolute atomic E-state index is 0.0661. The quantitative estimate of drug-likeness (QED) is 0.662. The van der Waals surface area contributed by atoms with E-state index in [-0.39, 0.29) is 11.6 Å². The molecule has 3 aromatic heterocycles. The molecule has 0 spiro atoms. The number of aromatic nitrogens is 5. The lowest BCUT2D eigenvalue weighted by Crippen LogP contribution is -2.46. The second-order valence-electron chi connectivity index (χ2n) is 7.79. The van der Waals surface area contributed by atoms with E-state index in [1.165, 1.54) is 6.20 Å². The van der Waals surface area contributed by atoms with E-state index in [1.54, 1.807) is 11.6 Å². The third-order valence-electron chi connectivity index (χ3n) is 5.90. The van der Waals surface area contributed by atoms with E-state index in [2.05, 4.69) is 25.6 Å². The molecule has 2 unspecified atom stereocenters. The first-order valence-electron chi connectivity index (χ1n) is 10.2. The van der Waals surface area contributed by atoms with Crippen LogP contribution in [0.4, 0.5) is 14.7 Å². The molecule has 0 bridgehead atoms. The van der Waals surface area contributed by atoms with Crippen molar-refractivity contribution in [1.29, 1.82) is 0 Å². The number of piperidine rings is 1. The number of hydrogen-bond donors (Lipinski definition) is 2. The number of nitrogens with zero attached hydrogens (tertiary/aromatic N) is 5. The molecular formula is C20H23F2N7O. The molecule has 0 aromatic carbocycles. The molecule has 5 rings (SSSR count). The Morgan fingerprint density at radius 2 is 2.10 bits per heavy atom. The van der Waals surface area contributed by atoms with Gasteiger partial charge in [-0.2, -0.15) is 5.10 Å². The predicted octanol–water partition coefficient (Wildman–Crippen LogP) is 2.71. The summed E-state index contributed by atoms with van der Waals surface area (Å²) < 4.78 is 35.9. The van der Waals surface area contributed by atoms with Gasteiger partial charge in [0, 0.05) is 18.5 Å². The molecule has 2 atom stereocenters. The average Bonchev–Trinajstić information content (AvgIpc) is 3.12. The largest absolute Gasteiger partial charge is 0.495 e. The van der Waals surface area contributed by atoms with Gasteiger partial charge in [0.05, 0.1) is 25.5 Å². The van der Waals surface area contributed by atoms with Gasteiger partial charge in [0.1, 0.15) is 29.0 Å². The first-order chi connectivity index (χ1) is 14.6. The van der Waals surface area contributed by atoms with Crippen LogP contribution in [-0.2, 0) is 0 Å². The molecular weight excluding hydrogens is 392 g/mol. The Morgan fingerprint density at radius 1 is 1.23 bits per heavy atom. The summed E-state index contributed by atoms with van der Waals surface area (Å²) in [7, 11) is 1.61. The van der Waals surface area contributed by atoms with Crippen LogP contribution in [0.1, 0.15) is 37.3 Å². The van der Waals surface area contributed by atoms with Crippen molar-refractivity contribution in [2.45, 2.75) is 43.8 Å². The van der Waals surface area contributed by atoms with Gasteiger partial charge in [-0.05, 0) is 25.8 Å². The van der Waals surface area contributed by atoms with Crippen molar-refractivity contribution in [2.24, 2.45) is 0 Å². The molecule has 8 nitrogen and oxygen atoms in total. The van der Waals surface area contributed by atoms with Gasteiger partial charge in [-0.3, -0.25) is 0 Å². The van der Waals surface area contributed by atoms with E-state index >= 15 is 0 Å². The third-order valence-corrected chi connectivity index (χ3v) is 5.90. The lowest BCUT2D eigenvalue weighted by atomic mass is 9.82. The Hall–Kier alpha value is -2.88. The van der Waals surface area contributed by atoms with Gasteiger partial charge < -0.3 is 15.4 Å². The topological polar surface area (TPSA) is 89.3 Å². The molecule has 158 valence electrons. The molecule has 30 heavy (non-hydrogen) atoms. The fourth-order valence-electron chi connectivity index (χ4n) is 3.95. The van der Waals surface area contributed by atoms with E-state index in [9.17, 15) is 8.78 Å².